The van der Waals surface area contributed by atoms with E-state index in [1.165, 1.54) is 11.9 Å². The van der Waals surface area contributed by atoms with Gasteiger partial charge in [0.1, 0.15) is 12.4 Å². The van der Waals surface area contributed by atoms with Gasteiger partial charge in [-0.15, -0.1) is 0 Å². The minimum absolute atomic E-state index is 0.0157. The summed E-state index contributed by atoms with van der Waals surface area (Å²) in [5, 5.41) is 2.66. The molecule has 0 aromatic carbocycles. The molecule has 27 heavy (non-hydrogen) atoms. The van der Waals surface area contributed by atoms with Gasteiger partial charge in [-0.1, -0.05) is 36.9 Å². The van der Waals surface area contributed by atoms with E-state index >= 15 is 0 Å². The van der Waals surface area contributed by atoms with Crippen molar-refractivity contribution in [2.75, 3.05) is 6.26 Å². The van der Waals surface area contributed by atoms with Crippen molar-refractivity contribution in [3.63, 3.8) is 0 Å². The van der Waals surface area contributed by atoms with Crippen LogP contribution in [0, 0.1) is 11.8 Å². The van der Waals surface area contributed by atoms with Gasteiger partial charge in [0, 0.05) is 12.2 Å². The van der Waals surface area contributed by atoms with Crippen LogP contribution in [-0.2, 0) is 14.3 Å². The van der Waals surface area contributed by atoms with Crippen LogP contribution in [0.3, 0.4) is 0 Å². The smallest absolute Gasteiger partial charge is 0.407 e. The Morgan fingerprint density at radius 3 is 2.70 bits per heavy atom. The lowest BCUT2D eigenvalue weighted by Gasteiger charge is -2.16. The molecule has 0 heterocycles. The van der Waals surface area contributed by atoms with Crippen LogP contribution in [0.4, 0.5) is 4.79 Å². The van der Waals surface area contributed by atoms with E-state index in [4.69, 9.17) is 4.74 Å². The number of carbonyl (C=O) groups excluding carboxylic acids is 3. The average Bonchev–Trinajstić information content (AvgIpc) is 3.25. The maximum atomic E-state index is 11.8. The van der Waals surface area contributed by atoms with Crippen LogP contribution >= 0.6 is 11.9 Å². The lowest BCUT2D eigenvalue weighted by molar-refractivity contribution is -0.120. The van der Waals surface area contributed by atoms with Crippen LogP contribution in [0.5, 0.6) is 0 Å². The van der Waals surface area contributed by atoms with Crippen molar-refractivity contribution in [3.8, 4) is 0 Å². The van der Waals surface area contributed by atoms with Crippen molar-refractivity contribution in [3.05, 3.63) is 12.2 Å². The molecule has 2 N–H and O–H groups in total. The number of amides is 2. The summed E-state index contributed by atoms with van der Waals surface area (Å²) in [4.78, 5) is 34.6. The van der Waals surface area contributed by atoms with E-state index in [-0.39, 0.29) is 17.9 Å². The van der Waals surface area contributed by atoms with Gasteiger partial charge in [-0.05, 0) is 57.3 Å². The zero-order chi connectivity index (χ0) is 19.5. The molecule has 2 aliphatic rings. The van der Waals surface area contributed by atoms with Gasteiger partial charge in [0.05, 0.1) is 6.04 Å². The molecule has 2 aliphatic carbocycles. The third-order valence-electron chi connectivity index (χ3n) is 5.19. The van der Waals surface area contributed by atoms with E-state index in [9.17, 15) is 14.4 Å². The SMILES string of the molecule is CSNC(=O)C1CC1/C=C\CCCCC[C@@H](C=O)NC(=O)OC1CCCC1. The van der Waals surface area contributed by atoms with Crippen molar-refractivity contribution in [1.82, 2.24) is 10.0 Å². The largest absolute Gasteiger partial charge is 0.446 e. The lowest BCUT2D eigenvalue weighted by Crippen LogP contribution is -2.37. The summed E-state index contributed by atoms with van der Waals surface area (Å²) < 4.78 is 8.11. The maximum Gasteiger partial charge on any atom is 0.407 e. The number of hydrogen-bond donors (Lipinski definition) is 2. The summed E-state index contributed by atoms with van der Waals surface area (Å²) in [5.74, 6) is 0.680. The summed E-state index contributed by atoms with van der Waals surface area (Å²) in [6, 6.07) is -0.461. The molecule has 0 saturated heterocycles. The molecule has 0 spiro atoms. The Kier molecular flexibility index (Phi) is 9.73. The number of carbonyl (C=O) groups is 3. The number of aldehydes is 1. The zero-order valence-electron chi connectivity index (χ0n) is 16.2. The van der Waals surface area contributed by atoms with Crippen LogP contribution in [-0.4, -0.2) is 36.7 Å². The number of unbranched alkanes of at least 4 members (excludes halogenated alkanes) is 3. The molecule has 0 aromatic rings. The standard InChI is InChI=1S/C20H32N2O4S/c1-27-22-19(24)18-13-15(18)9-5-3-2-4-6-10-16(14-23)21-20(25)26-17-11-7-8-12-17/h5,9,14-18H,2-4,6-8,10-13H2,1H3,(H,21,25)(H,22,24)/b9-5-/t15?,16-,18?/m0/s1. The molecule has 3 atom stereocenters. The van der Waals surface area contributed by atoms with Crippen molar-refractivity contribution in [2.45, 2.75) is 76.4 Å². The van der Waals surface area contributed by atoms with Gasteiger partial charge in [-0.3, -0.25) is 4.79 Å². The van der Waals surface area contributed by atoms with Crippen molar-refractivity contribution < 1.29 is 19.1 Å². The highest BCUT2D eigenvalue weighted by molar-refractivity contribution is 7.97. The summed E-state index contributed by atoms with van der Waals surface area (Å²) in [6.45, 7) is 0. The summed E-state index contributed by atoms with van der Waals surface area (Å²) in [5.41, 5.74) is 0. The molecule has 2 amide bonds. The Hall–Kier alpha value is -1.50. The molecule has 2 unspecified atom stereocenters. The first-order valence-corrected chi connectivity index (χ1v) is 11.3. The number of allylic oxidation sites excluding steroid dienone is 2. The number of rotatable bonds is 12. The first-order chi connectivity index (χ1) is 13.1. The van der Waals surface area contributed by atoms with Crippen LogP contribution < -0.4 is 10.0 Å². The fourth-order valence-electron chi connectivity index (χ4n) is 3.50. The summed E-state index contributed by atoms with van der Waals surface area (Å²) >= 11 is 1.35. The topological polar surface area (TPSA) is 84.5 Å². The quantitative estimate of drug-likeness (QED) is 0.227. The molecule has 7 heteroatoms. The molecular weight excluding hydrogens is 364 g/mol. The van der Waals surface area contributed by atoms with Crippen LogP contribution in [0.2, 0.25) is 0 Å². The van der Waals surface area contributed by atoms with Crippen molar-refractivity contribution >= 4 is 30.2 Å². The average molecular weight is 397 g/mol. The second-order valence-electron chi connectivity index (χ2n) is 7.44. The second-order valence-corrected chi connectivity index (χ2v) is 8.05. The van der Waals surface area contributed by atoms with Crippen molar-refractivity contribution in [2.24, 2.45) is 11.8 Å². The Morgan fingerprint density at radius 2 is 2.00 bits per heavy atom. The molecule has 2 fully saturated rings. The lowest BCUT2D eigenvalue weighted by atomic mass is 10.1. The van der Waals surface area contributed by atoms with Gasteiger partial charge in [-0.25, -0.2) is 4.79 Å². The molecule has 2 saturated carbocycles. The van der Waals surface area contributed by atoms with E-state index in [1.54, 1.807) is 0 Å². The van der Waals surface area contributed by atoms with Crippen LogP contribution in [0.1, 0.15) is 64.2 Å². The Morgan fingerprint density at radius 1 is 1.22 bits per heavy atom. The summed E-state index contributed by atoms with van der Waals surface area (Å²) in [7, 11) is 0. The van der Waals surface area contributed by atoms with E-state index < -0.39 is 12.1 Å². The third kappa shape index (κ3) is 8.37. The van der Waals surface area contributed by atoms with Gasteiger partial charge in [0.15, 0.2) is 0 Å². The molecule has 6 nitrogen and oxygen atoms in total. The maximum absolute atomic E-state index is 11.8. The molecule has 152 valence electrons. The van der Waals surface area contributed by atoms with Crippen LogP contribution in [0.15, 0.2) is 12.2 Å². The molecule has 0 bridgehead atoms. The number of ether oxygens (including phenoxy) is 1. The fourth-order valence-corrected chi connectivity index (χ4v) is 3.85. The predicted octanol–water partition coefficient (Wildman–Crippen LogP) is 3.76. The van der Waals surface area contributed by atoms with E-state index in [0.717, 1.165) is 64.1 Å². The first-order valence-electron chi connectivity index (χ1n) is 10.1. The van der Waals surface area contributed by atoms with Gasteiger partial charge < -0.3 is 19.6 Å². The molecule has 0 aliphatic heterocycles. The van der Waals surface area contributed by atoms with E-state index in [1.807, 2.05) is 6.26 Å². The normalized spacial score (nSPS) is 23.1. The van der Waals surface area contributed by atoms with E-state index in [2.05, 4.69) is 22.2 Å². The molecule has 2 rings (SSSR count). The minimum Gasteiger partial charge on any atom is -0.446 e. The zero-order valence-corrected chi connectivity index (χ0v) is 17.0. The highest BCUT2D eigenvalue weighted by Crippen LogP contribution is 2.40. The molecule has 0 radical (unpaired) electrons. The number of nitrogens with one attached hydrogen (secondary N) is 2. The second kappa shape index (κ2) is 12.1. The highest BCUT2D eigenvalue weighted by Gasteiger charge is 2.40. The Bertz CT molecular complexity index is 520. The highest BCUT2D eigenvalue weighted by atomic mass is 32.2. The number of alkyl carbamates (subject to hydrolysis) is 1. The fraction of sp³-hybridized carbons (Fsp3) is 0.750. The van der Waals surface area contributed by atoms with Crippen molar-refractivity contribution in [1.29, 1.82) is 0 Å². The molecular formula is C20H32N2O4S. The minimum atomic E-state index is -0.466. The molecule has 0 aromatic heterocycles. The third-order valence-corrected chi connectivity index (χ3v) is 5.60. The van der Waals surface area contributed by atoms with Gasteiger partial charge >= 0.3 is 6.09 Å². The summed E-state index contributed by atoms with van der Waals surface area (Å²) in [6.07, 6.45) is 16.1. The van der Waals surface area contributed by atoms with Gasteiger partial charge in [-0.2, -0.15) is 0 Å². The first kappa shape index (κ1) is 21.8. The van der Waals surface area contributed by atoms with Gasteiger partial charge in [0.25, 0.3) is 0 Å². The predicted molar refractivity (Wildman–Crippen MR) is 107 cm³/mol. The number of hydrogen-bond acceptors (Lipinski definition) is 5. The monoisotopic (exact) mass is 396 g/mol. The Labute approximate surface area is 166 Å². The van der Waals surface area contributed by atoms with Crippen LogP contribution in [0.25, 0.3) is 0 Å². The van der Waals surface area contributed by atoms with Gasteiger partial charge in [0.2, 0.25) is 5.91 Å². The Balaban J connectivity index is 1.48. The van der Waals surface area contributed by atoms with E-state index in [0.29, 0.717) is 12.3 Å².